The van der Waals surface area contributed by atoms with E-state index in [9.17, 15) is 5.11 Å². The molecule has 1 aliphatic rings. The Morgan fingerprint density at radius 1 is 1.29 bits per heavy atom. The normalized spacial score (nSPS) is 15.0. The number of anilines is 1. The van der Waals surface area contributed by atoms with Crippen molar-refractivity contribution in [3.63, 3.8) is 0 Å². The molecule has 0 amide bonds. The highest BCUT2D eigenvalue weighted by Gasteiger charge is 2.14. The van der Waals surface area contributed by atoms with Crippen molar-refractivity contribution in [1.29, 1.82) is 0 Å². The van der Waals surface area contributed by atoms with Crippen LogP contribution < -0.4 is 15.4 Å². The zero-order valence-corrected chi connectivity index (χ0v) is 20.8. The van der Waals surface area contributed by atoms with Gasteiger partial charge in [-0.1, -0.05) is 31.7 Å². The molecule has 0 saturated heterocycles. The van der Waals surface area contributed by atoms with E-state index in [1.807, 2.05) is 25.1 Å². The first-order valence-corrected chi connectivity index (χ1v) is 12.5. The summed E-state index contributed by atoms with van der Waals surface area (Å²) in [5.41, 5.74) is 2.91. The zero-order chi connectivity index (χ0) is 22.2. The summed E-state index contributed by atoms with van der Waals surface area (Å²) in [5.74, 6) is 1.32. The number of allylic oxidation sites excluding steroid dienone is 2. The summed E-state index contributed by atoms with van der Waals surface area (Å²) in [7, 11) is 0. The molecule has 0 fully saturated rings. The van der Waals surface area contributed by atoms with Crippen molar-refractivity contribution < 1.29 is 5.11 Å². The number of halogens is 1. The fraction of sp³-hybridized carbons (Fsp3) is 0.261. The first-order valence-electron chi connectivity index (χ1n) is 10.0. The predicted molar refractivity (Wildman–Crippen MR) is 138 cm³/mol. The smallest absolute Gasteiger partial charge is 0.143 e. The number of aliphatic hydroxyl groups is 1. The SMILES string of the molecule is C=C1C=CC(Br)=C(N[C@H](CC)CO)N=C1Nc1ccc(C)c(SNCc2cccs2)c1. The van der Waals surface area contributed by atoms with E-state index in [0.717, 1.165) is 33.6 Å². The molecule has 8 heteroatoms. The molecule has 0 aliphatic carbocycles. The van der Waals surface area contributed by atoms with Gasteiger partial charge in [0.1, 0.15) is 11.7 Å². The van der Waals surface area contributed by atoms with Gasteiger partial charge in [-0.15, -0.1) is 11.3 Å². The van der Waals surface area contributed by atoms with E-state index in [1.54, 1.807) is 23.3 Å². The van der Waals surface area contributed by atoms with Crippen LogP contribution in [0.5, 0.6) is 0 Å². The number of benzene rings is 1. The lowest BCUT2D eigenvalue weighted by Crippen LogP contribution is -2.31. The lowest BCUT2D eigenvalue weighted by molar-refractivity contribution is 0.246. The van der Waals surface area contributed by atoms with Gasteiger partial charge < -0.3 is 15.7 Å². The van der Waals surface area contributed by atoms with E-state index >= 15 is 0 Å². The highest BCUT2D eigenvalue weighted by molar-refractivity contribution is 9.11. The van der Waals surface area contributed by atoms with Crippen LogP contribution in [0.15, 0.2) is 80.2 Å². The zero-order valence-electron chi connectivity index (χ0n) is 17.6. The molecule has 5 nitrogen and oxygen atoms in total. The van der Waals surface area contributed by atoms with Gasteiger partial charge in [-0.25, -0.2) is 4.99 Å². The van der Waals surface area contributed by atoms with Crippen LogP contribution in [0.4, 0.5) is 5.69 Å². The molecule has 4 N–H and O–H groups in total. The summed E-state index contributed by atoms with van der Waals surface area (Å²) in [6.45, 7) is 9.13. The maximum absolute atomic E-state index is 9.55. The highest BCUT2D eigenvalue weighted by atomic mass is 79.9. The molecule has 0 spiro atoms. The number of hydrogen-bond acceptors (Lipinski definition) is 7. The second kappa shape index (κ2) is 11.7. The molecule has 1 aromatic heterocycles. The molecular formula is C23H27BrN4OS2. The van der Waals surface area contributed by atoms with E-state index < -0.39 is 0 Å². The summed E-state index contributed by atoms with van der Waals surface area (Å²) >= 11 is 6.93. The molecule has 1 atom stereocenters. The Morgan fingerprint density at radius 2 is 2.13 bits per heavy atom. The number of aliphatic imine (C=N–C) groups is 1. The third kappa shape index (κ3) is 6.82. The maximum atomic E-state index is 9.55. The van der Waals surface area contributed by atoms with Gasteiger partial charge in [-0.05, 0) is 76.4 Å². The predicted octanol–water partition coefficient (Wildman–Crippen LogP) is 5.71. The molecule has 164 valence electrons. The van der Waals surface area contributed by atoms with Gasteiger partial charge in [-0.3, -0.25) is 4.72 Å². The Labute approximate surface area is 200 Å². The Morgan fingerprint density at radius 3 is 2.84 bits per heavy atom. The number of amidine groups is 1. The van der Waals surface area contributed by atoms with Crippen LogP contribution in [0, 0.1) is 6.92 Å². The molecule has 0 bridgehead atoms. The highest BCUT2D eigenvalue weighted by Crippen LogP contribution is 2.26. The van der Waals surface area contributed by atoms with E-state index in [4.69, 9.17) is 4.99 Å². The summed E-state index contributed by atoms with van der Waals surface area (Å²) in [4.78, 5) is 7.21. The Kier molecular flexibility index (Phi) is 8.98. The summed E-state index contributed by atoms with van der Waals surface area (Å²) < 4.78 is 4.25. The first kappa shape index (κ1) is 23.8. The summed E-state index contributed by atoms with van der Waals surface area (Å²) in [6, 6.07) is 10.4. The van der Waals surface area contributed by atoms with E-state index in [0.29, 0.717) is 11.7 Å². The molecular weight excluding hydrogens is 492 g/mol. The minimum Gasteiger partial charge on any atom is -0.394 e. The van der Waals surface area contributed by atoms with Gasteiger partial charge in [0.05, 0.1) is 17.1 Å². The van der Waals surface area contributed by atoms with Crippen LogP contribution in [0.1, 0.15) is 23.8 Å². The Bertz CT molecular complexity index is 995. The van der Waals surface area contributed by atoms with Crippen molar-refractivity contribution in [2.24, 2.45) is 4.99 Å². The summed E-state index contributed by atoms with van der Waals surface area (Å²) in [6.07, 6.45) is 4.62. The number of nitrogens with one attached hydrogen (secondary N) is 3. The van der Waals surface area contributed by atoms with Gasteiger partial charge in [-0.2, -0.15) is 0 Å². The van der Waals surface area contributed by atoms with Crippen molar-refractivity contribution in [3.8, 4) is 0 Å². The third-order valence-corrected chi connectivity index (χ3v) is 7.16. The van der Waals surface area contributed by atoms with Gasteiger partial charge in [0.25, 0.3) is 0 Å². The number of rotatable bonds is 9. The molecule has 0 saturated carbocycles. The monoisotopic (exact) mass is 518 g/mol. The second-order valence-electron chi connectivity index (χ2n) is 7.06. The average Bonchev–Trinajstić information content (AvgIpc) is 3.25. The average molecular weight is 520 g/mol. The van der Waals surface area contributed by atoms with Crippen molar-refractivity contribution in [2.75, 3.05) is 11.9 Å². The number of nitrogens with zero attached hydrogens (tertiary/aromatic N) is 1. The van der Waals surface area contributed by atoms with Crippen molar-refractivity contribution in [1.82, 2.24) is 10.0 Å². The molecule has 31 heavy (non-hydrogen) atoms. The minimum absolute atomic E-state index is 0.0419. The molecule has 1 aliphatic heterocycles. The molecule has 2 heterocycles. The molecule has 0 unspecified atom stereocenters. The standard InChI is InChI=1S/C23H27BrN4OS2/c1-4-17(14-29)26-23-20(24)10-8-16(3)22(28-23)27-18-9-7-15(2)21(12-18)31-25-13-19-6-5-11-30-19/h5-12,17,25-26,29H,3-4,13-14H2,1-2H3,(H,27,28)/t17-/m1/s1. The number of aryl methyl sites for hydroxylation is 1. The van der Waals surface area contributed by atoms with Gasteiger partial charge >= 0.3 is 0 Å². The number of thiophene rings is 1. The van der Waals surface area contributed by atoms with Crippen molar-refractivity contribution >= 4 is 50.7 Å². The minimum atomic E-state index is -0.0656. The molecule has 1 aromatic carbocycles. The third-order valence-electron chi connectivity index (χ3n) is 4.70. The van der Waals surface area contributed by atoms with Crippen LogP contribution >= 0.6 is 39.2 Å². The molecule has 2 aromatic rings. The number of hydrogen-bond donors (Lipinski definition) is 4. The maximum Gasteiger partial charge on any atom is 0.143 e. The lowest BCUT2D eigenvalue weighted by atomic mass is 10.2. The lowest BCUT2D eigenvalue weighted by Gasteiger charge is -2.17. The Balaban J connectivity index is 1.75. The fourth-order valence-corrected chi connectivity index (χ4v) is 4.64. The summed E-state index contributed by atoms with van der Waals surface area (Å²) in [5, 5.41) is 18.3. The van der Waals surface area contributed by atoms with Crippen LogP contribution in [0.2, 0.25) is 0 Å². The van der Waals surface area contributed by atoms with Crippen LogP contribution in [-0.2, 0) is 6.54 Å². The van der Waals surface area contributed by atoms with Gasteiger partial charge in [0, 0.05) is 27.6 Å². The van der Waals surface area contributed by atoms with Crippen LogP contribution in [0.3, 0.4) is 0 Å². The van der Waals surface area contributed by atoms with E-state index in [2.05, 4.69) is 74.4 Å². The van der Waals surface area contributed by atoms with Crippen LogP contribution in [-0.4, -0.2) is 23.6 Å². The van der Waals surface area contributed by atoms with Gasteiger partial charge in [0.2, 0.25) is 0 Å². The largest absolute Gasteiger partial charge is 0.394 e. The van der Waals surface area contributed by atoms with E-state index in [1.165, 1.54) is 10.4 Å². The quantitative estimate of drug-likeness (QED) is 0.320. The van der Waals surface area contributed by atoms with E-state index in [-0.39, 0.29) is 12.6 Å². The van der Waals surface area contributed by atoms with Crippen molar-refractivity contribution in [3.05, 3.63) is 80.8 Å². The Hall–Kier alpha value is -1.84. The second-order valence-corrected chi connectivity index (χ2v) is 9.87. The van der Waals surface area contributed by atoms with Gasteiger partial charge in [0.15, 0.2) is 0 Å². The van der Waals surface area contributed by atoms with Crippen molar-refractivity contribution in [2.45, 2.75) is 37.8 Å². The molecule has 3 rings (SSSR count). The fourth-order valence-electron chi connectivity index (χ4n) is 2.77. The topological polar surface area (TPSA) is 68.7 Å². The number of aliphatic hydroxyl groups excluding tert-OH is 1. The first-order chi connectivity index (χ1) is 15.0. The molecule has 0 radical (unpaired) electrons. The van der Waals surface area contributed by atoms with Crippen LogP contribution in [0.25, 0.3) is 0 Å².